The van der Waals surface area contributed by atoms with Crippen molar-refractivity contribution in [3.8, 4) is 5.75 Å². The Morgan fingerprint density at radius 3 is 2.70 bits per heavy atom. The molecule has 0 bridgehead atoms. The molecule has 11 heteroatoms. The number of sulfonamides is 1. The summed E-state index contributed by atoms with van der Waals surface area (Å²) in [5.41, 5.74) is 2.64. The van der Waals surface area contributed by atoms with Crippen molar-refractivity contribution in [2.24, 2.45) is 0 Å². The van der Waals surface area contributed by atoms with Gasteiger partial charge in [-0.1, -0.05) is 0 Å². The van der Waals surface area contributed by atoms with E-state index in [2.05, 4.69) is 14.8 Å². The molecule has 1 aromatic carbocycles. The number of benzene rings is 1. The second-order valence-corrected chi connectivity index (χ2v) is 10.1. The molecule has 4 rings (SSSR count). The van der Waals surface area contributed by atoms with Gasteiger partial charge in [-0.3, -0.25) is 19.4 Å². The van der Waals surface area contributed by atoms with E-state index in [1.807, 2.05) is 0 Å². The second-order valence-electron chi connectivity index (χ2n) is 8.33. The number of H-pyrrole nitrogens is 1. The van der Waals surface area contributed by atoms with Gasteiger partial charge in [0.05, 0.1) is 36.4 Å². The summed E-state index contributed by atoms with van der Waals surface area (Å²) in [6.45, 7) is 4.01. The van der Waals surface area contributed by atoms with Crippen LogP contribution in [0.4, 0.5) is 5.69 Å². The second kappa shape index (κ2) is 8.54. The fourth-order valence-corrected chi connectivity index (χ4v) is 4.75. The predicted octanol–water partition coefficient (Wildman–Crippen LogP) is 2.39. The molecule has 1 amide bonds. The van der Waals surface area contributed by atoms with Crippen LogP contribution in [-0.2, 0) is 10.0 Å². The van der Waals surface area contributed by atoms with E-state index >= 15 is 0 Å². The number of nitrogens with one attached hydrogen (secondary N) is 2. The van der Waals surface area contributed by atoms with Gasteiger partial charge in [-0.15, -0.1) is 0 Å². The van der Waals surface area contributed by atoms with E-state index in [0.717, 1.165) is 19.1 Å². The number of rotatable bonds is 5. The number of ether oxygens (including phenoxy) is 1. The highest BCUT2D eigenvalue weighted by Crippen LogP contribution is 2.34. The fourth-order valence-electron chi connectivity index (χ4n) is 4.18. The first-order valence-corrected chi connectivity index (χ1v) is 12.5. The van der Waals surface area contributed by atoms with Crippen molar-refractivity contribution in [2.45, 2.75) is 39.2 Å². The van der Waals surface area contributed by atoms with E-state index in [0.29, 0.717) is 41.3 Å². The number of likely N-dealkylation sites (tertiary alicyclic amines) is 1. The number of aromatic amines is 1. The molecule has 1 atom stereocenters. The van der Waals surface area contributed by atoms with Gasteiger partial charge in [0.15, 0.2) is 5.65 Å². The molecule has 10 nitrogen and oxygen atoms in total. The van der Waals surface area contributed by atoms with Crippen LogP contribution in [0.2, 0.25) is 0 Å². The fraction of sp³-hybridized carbons (Fsp3) is 0.409. The number of aromatic nitrogens is 3. The molecule has 33 heavy (non-hydrogen) atoms. The van der Waals surface area contributed by atoms with Crippen LogP contribution in [0.25, 0.3) is 5.65 Å². The molecule has 176 valence electrons. The lowest BCUT2D eigenvalue weighted by atomic mass is 9.98. The summed E-state index contributed by atoms with van der Waals surface area (Å²) < 4.78 is 32.8. The molecular weight excluding hydrogens is 446 g/mol. The predicted molar refractivity (Wildman–Crippen MR) is 124 cm³/mol. The van der Waals surface area contributed by atoms with Crippen molar-refractivity contribution in [2.75, 3.05) is 24.6 Å². The van der Waals surface area contributed by atoms with E-state index in [9.17, 15) is 18.0 Å². The summed E-state index contributed by atoms with van der Waals surface area (Å²) in [6.07, 6.45) is 3.47. The molecule has 0 unspecified atom stereocenters. The van der Waals surface area contributed by atoms with Gasteiger partial charge < -0.3 is 9.64 Å². The smallest absolute Gasteiger partial charge is 0.275 e. The number of anilines is 1. The summed E-state index contributed by atoms with van der Waals surface area (Å²) in [5, 5.41) is 3.12. The highest BCUT2D eigenvalue weighted by molar-refractivity contribution is 7.92. The average Bonchev–Trinajstić information content (AvgIpc) is 3.20. The van der Waals surface area contributed by atoms with Gasteiger partial charge in [-0.05, 0) is 51.3 Å². The molecule has 1 fully saturated rings. The molecule has 2 N–H and O–H groups in total. The van der Waals surface area contributed by atoms with Crippen LogP contribution < -0.4 is 15.0 Å². The molecule has 1 saturated heterocycles. The highest BCUT2D eigenvalue weighted by atomic mass is 32.2. The normalized spacial score (nSPS) is 16.7. The van der Waals surface area contributed by atoms with E-state index in [1.165, 1.54) is 23.8 Å². The van der Waals surface area contributed by atoms with Crippen LogP contribution in [-0.4, -0.2) is 53.7 Å². The van der Waals surface area contributed by atoms with Crippen molar-refractivity contribution in [3.63, 3.8) is 0 Å². The third kappa shape index (κ3) is 4.45. The lowest BCUT2D eigenvalue weighted by molar-refractivity contribution is 0.0606. The zero-order chi connectivity index (χ0) is 23.9. The molecule has 0 saturated carbocycles. The summed E-state index contributed by atoms with van der Waals surface area (Å²) in [4.78, 5) is 32.5. The summed E-state index contributed by atoms with van der Waals surface area (Å²) in [5.74, 6) is 0.120. The third-order valence-electron chi connectivity index (χ3n) is 5.98. The number of hydrogen-bond donors (Lipinski definition) is 2. The topological polar surface area (TPSA) is 126 Å². The molecule has 2 aromatic heterocycles. The van der Waals surface area contributed by atoms with Gasteiger partial charge in [0.25, 0.3) is 11.5 Å². The highest BCUT2D eigenvalue weighted by Gasteiger charge is 2.32. The summed E-state index contributed by atoms with van der Waals surface area (Å²) in [6, 6.07) is 6.13. The Morgan fingerprint density at radius 1 is 1.24 bits per heavy atom. The number of piperidine rings is 1. The number of carbonyl (C=O) groups excluding carboxylic acids is 1. The zero-order valence-electron chi connectivity index (χ0n) is 19.0. The minimum absolute atomic E-state index is 0.176. The molecule has 0 spiro atoms. The monoisotopic (exact) mass is 473 g/mol. The van der Waals surface area contributed by atoms with Gasteiger partial charge in [-0.2, -0.15) is 0 Å². The van der Waals surface area contributed by atoms with Crippen LogP contribution in [0.3, 0.4) is 0 Å². The largest absolute Gasteiger partial charge is 0.497 e. The van der Waals surface area contributed by atoms with Crippen LogP contribution >= 0.6 is 0 Å². The third-order valence-corrected chi connectivity index (χ3v) is 6.57. The van der Waals surface area contributed by atoms with Crippen LogP contribution in [0.5, 0.6) is 5.75 Å². The number of nitrogens with zero attached hydrogens (tertiary/aromatic N) is 3. The first kappa shape index (κ1) is 22.8. The van der Waals surface area contributed by atoms with Gasteiger partial charge in [-0.25, -0.2) is 17.9 Å². The van der Waals surface area contributed by atoms with Crippen molar-refractivity contribution in [1.29, 1.82) is 0 Å². The standard InChI is InChI=1S/C22H27N5O5S/c1-13-14(2)23-20-12-18(24-27(20)21(13)28)19-7-5-6-10-26(19)22(29)16-11-15(32-3)8-9-17(16)25-33(4,30)31/h8-9,11-12,19,24-25H,5-7,10H2,1-4H3/t19-/m0/s1. The summed E-state index contributed by atoms with van der Waals surface area (Å²) in [7, 11) is -2.11. The minimum Gasteiger partial charge on any atom is -0.497 e. The number of amides is 1. The molecule has 0 radical (unpaired) electrons. The van der Waals surface area contributed by atoms with Gasteiger partial charge in [0.2, 0.25) is 10.0 Å². The number of hydrogen-bond acceptors (Lipinski definition) is 6. The maximum atomic E-state index is 13.7. The number of carbonyl (C=O) groups is 1. The quantitative estimate of drug-likeness (QED) is 0.586. The van der Waals surface area contributed by atoms with Crippen molar-refractivity contribution in [1.82, 2.24) is 19.5 Å². The summed E-state index contributed by atoms with van der Waals surface area (Å²) >= 11 is 0. The Balaban J connectivity index is 1.77. The average molecular weight is 474 g/mol. The Morgan fingerprint density at radius 2 is 2.00 bits per heavy atom. The Labute approximate surface area is 191 Å². The molecule has 3 heterocycles. The lowest BCUT2D eigenvalue weighted by Crippen LogP contribution is -2.39. The van der Waals surface area contributed by atoms with Crippen molar-refractivity contribution in [3.05, 3.63) is 57.1 Å². The van der Waals surface area contributed by atoms with Crippen LogP contribution in [0, 0.1) is 13.8 Å². The zero-order valence-corrected chi connectivity index (χ0v) is 19.8. The molecular formula is C22H27N5O5S. The van der Waals surface area contributed by atoms with E-state index < -0.39 is 10.0 Å². The Bertz CT molecular complexity index is 1390. The number of methoxy groups -OCH3 is 1. The number of fused-ring (bicyclic) bond motifs is 1. The van der Waals surface area contributed by atoms with Gasteiger partial charge >= 0.3 is 0 Å². The molecule has 0 aliphatic carbocycles. The molecule has 1 aliphatic heterocycles. The van der Waals surface area contributed by atoms with E-state index in [4.69, 9.17) is 4.74 Å². The minimum atomic E-state index is -3.59. The van der Waals surface area contributed by atoms with Crippen molar-refractivity contribution >= 4 is 27.3 Å². The van der Waals surface area contributed by atoms with Crippen LogP contribution in [0.1, 0.15) is 52.6 Å². The SMILES string of the molecule is COc1ccc(NS(C)(=O)=O)c(C(=O)N2CCCC[C@H]2c2cc3nc(C)c(C)c(=O)n3[nH]2)c1. The lowest BCUT2D eigenvalue weighted by Gasteiger charge is -2.35. The van der Waals surface area contributed by atoms with E-state index in [-0.39, 0.29) is 28.8 Å². The molecule has 3 aromatic rings. The maximum absolute atomic E-state index is 13.7. The van der Waals surface area contributed by atoms with Gasteiger partial charge in [0.1, 0.15) is 5.75 Å². The first-order chi connectivity index (χ1) is 15.6. The maximum Gasteiger partial charge on any atom is 0.275 e. The van der Waals surface area contributed by atoms with E-state index in [1.54, 1.807) is 30.9 Å². The molecule has 1 aliphatic rings. The number of aryl methyl sites for hydroxylation is 1. The van der Waals surface area contributed by atoms with Crippen molar-refractivity contribution < 1.29 is 17.9 Å². The first-order valence-electron chi connectivity index (χ1n) is 10.6. The van der Waals surface area contributed by atoms with Gasteiger partial charge in [0, 0.05) is 23.9 Å². The Kier molecular flexibility index (Phi) is 5.91. The van der Waals surface area contributed by atoms with Crippen LogP contribution in [0.15, 0.2) is 29.1 Å². The Hall–Kier alpha value is -3.34.